The minimum Gasteiger partial charge on any atom is -0.508 e. The van der Waals surface area contributed by atoms with Crippen LogP contribution in [0, 0.1) is 0 Å². The first-order valence-electron chi connectivity index (χ1n) is 25.0. The van der Waals surface area contributed by atoms with Gasteiger partial charge in [-0.1, -0.05) is 60.7 Å². The topological polar surface area (TPSA) is 195 Å². The van der Waals surface area contributed by atoms with Crippen molar-refractivity contribution >= 4 is 58.0 Å². The van der Waals surface area contributed by atoms with Gasteiger partial charge in [0.25, 0.3) is 5.91 Å². The molecule has 0 radical (unpaired) electrons. The number of phenols is 1. The molecule has 0 spiro atoms. The fraction of sp³-hybridized carbons (Fsp3) is 0.436. The molecule has 2 saturated heterocycles. The summed E-state index contributed by atoms with van der Waals surface area (Å²) in [5.74, 6) is 0.143. The van der Waals surface area contributed by atoms with E-state index in [1.807, 2.05) is 47.4 Å². The number of aromatic hydroxyl groups is 1. The predicted octanol–water partition coefficient (Wildman–Crippen LogP) is 5.77. The van der Waals surface area contributed by atoms with E-state index in [9.17, 15) is 29.1 Å². The first-order valence-corrected chi connectivity index (χ1v) is 25.5. The molecule has 3 heterocycles. The van der Waals surface area contributed by atoms with Crippen LogP contribution in [0.5, 0.6) is 11.5 Å². The van der Waals surface area contributed by atoms with Crippen LogP contribution in [0.1, 0.15) is 64.7 Å². The molecule has 3 aliphatic rings. The summed E-state index contributed by atoms with van der Waals surface area (Å²) in [5, 5.41) is 15.1. The van der Waals surface area contributed by atoms with Crippen molar-refractivity contribution in [2.75, 3.05) is 117 Å². The van der Waals surface area contributed by atoms with E-state index >= 15 is 0 Å². The highest BCUT2D eigenvalue weighted by molar-refractivity contribution is 6.18. The first-order chi connectivity index (χ1) is 35.7. The number of halogens is 1. The summed E-state index contributed by atoms with van der Waals surface area (Å²) in [6, 6.07) is 30.0. The largest absolute Gasteiger partial charge is 0.508 e. The summed E-state index contributed by atoms with van der Waals surface area (Å²) in [6.45, 7) is 7.85. The summed E-state index contributed by atoms with van der Waals surface area (Å²) >= 11 is 6.31. The quantitative estimate of drug-likeness (QED) is 0.0257. The van der Waals surface area contributed by atoms with E-state index in [1.165, 1.54) is 4.90 Å². The number of ether oxygens (including phenoxy) is 6. The molecule has 18 heteroatoms. The number of phenolic OH excluding ortho intramolecular Hbond substituents is 1. The molecule has 3 N–H and O–H groups in total. The number of nitrogens with zero attached hydrogens (tertiary/aromatic N) is 3. The number of fused-ring (bicyclic) bond motifs is 1. The van der Waals surface area contributed by atoms with Crippen molar-refractivity contribution < 1.29 is 57.5 Å². The summed E-state index contributed by atoms with van der Waals surface area (Å²) in [5.41, 5.74) is 6.89. The molecule has 1 atom stereocenters. The third kappa shape index (κ3) is 16.4. The number of nitrogens with one attached hydrogen (secondary N) is 2. The van der Waals surface area contributed by atoms with Crippen LogP contribution in [-0.2, 0) is 49.4 Å². The van der Waals surface area contributed by atoms with E-state index in [0.29, 0.717) is 115 Å². The molecule has 0 saturated carbocycles. The number of allylic oxidation sites excluding steroid dienone is 1. The van der Waals surface area contributed by atoms with Gasteiger partial charge in [-0.3, -0.25) is 34.2 Å². The molecule has 17 nitrogen and oxygen atoms in total. The number of carbonyl (C=O) groups excluding carboxylic acids is 5. The molecule has 0 aromatic heterocycles. The third-order valence-corrected chi connectivity index (χ3v) is 12.9. The number of anilines is 1. The summed E-state index contributed by atoms with van der Waals surface area (Å²) < 4.78 is 34.0. The minimum atomic E-state index is -0.731. The molecule has 0 aliphatic carbocycles. The predicted molar refractivity (Wildman–Crippen MR) is 275 cm³/mol. The van der Waals surface area contributed by atoms with E-state index in [4.69, 9.17) is 40.0 Å². The fourth-order valence-corrected chi connectivity index (χ4v) is 9.09. The number of rotatable bonds is 29. The van der Waals surface area contributed by atoms with Crippen molar-refractivity contribution in [1.82, 2.24) is 20.0 Å². The Labute approximate surface area is 431 Å². The van der Waals surface area contributed by atoms with Crippen LogP contribution in [-0.4, -0.2) is 167 Å². The molecule has 390 valence electrons. The van der Waals surface area contributed by atoms with E-state index in [-0.39, 0.29) is 61.8 Å². The van der Waals surface area contributed by atoms with E-state index in [0.717, 1.165) is 53.2 Å². The number of imide groups is 1. The number of piperazine rings is 1. The summed E-state index contributed by atoms with van der Waals surface area (Å²) in [4.78, 5) is 68.1. The lowest BCUT2D eigenvalue weighted by atomic mass is 9.88. The molecule has 7 rings (SSSR count). The van der Waals surface area contributed by atoms with Crippen molar-refractivity contribution in [2.45, 2.75) is 44.7 Å². The Morgan fingerprint density at radius 2 is 1.26 bits per heavy atom. The monoisotopic (exact) mass is 1020 g/mol. The molecule has 1 unspecified atom stereocenters. The normalized spacial score (nSPS) is 16.3. The Kier molecular flexibility index (Phi) is 21.6. The lowest BCUT2D eigenvalue weighted by Gasteiger charge is -2.34. The molecule has 3 aliphatic heterocycles. The van der Waals surface area contributed by atoms with Gasteiger partial charge in [-0.25, -0.2) is 0 Å². The van der Waals surface area contributed by atoms with Gasteiger partial charge >= 0.3 is 0 Å². The van der Waals surface area contributed by atoms with Gasteiger partial charge in [0.15, 0.2) is 0 Å². The van der Waals surface area contributed by atoms with Gasteiger partial charge in [-0.15, -0.1) is 11.6 Å². The Balaban J connectivity index is 0.660. The third-order valence-electron chi connectivity index (χ3n) is 12.7. The summed E-state index contributed by atoms with van der Waals surface area (Å²) in [7, 11) is 0. The molecule has 4 aromatic rings. The highest BCUT2D eigenvalue weighted by atomic mass is 35.5. The number of amides is 5. The fourth-order valence-electron chi connectivity index (χ4n) is 8.90. The molecule has 4 aromatic carbocycles. The number of alkyl halides is 1. The average Bonchev–Trinajstić information content (AvgIpc) is 3.74. The van der Waals surface area contributed by atoms with Gasteiger partial charge in [0.1, 0.15) is 24.1 Å². The van der Waals surface area contributed by atoms with Crippen LogP contribution < -0.4 is 15.4 Å². The van der Waals surface area contributed by atoms with Crippen LogP contribution in [0.2, 0.25) is 0 Å². The van der Waals surface area contributed by atoms with Crippen molar-refractivity contribution in [3.8, 4) is 11.5 Å². The molecule has 73 heavy (non-hydrogen) atoms. The zero-order chi connectivity index (χ0) is 51.2. The molecular weight excluding hydrogens is 958 g/mol. The van der Waals surface area contributed by atoms with Gasteiger partial charge < -0.3 is 48.6 Å². The Morgan fingerprint density at radius 3 is 1.88 bits per heavy atom. The van der Waals surface area contributed by atoms with Gasteiger partial charge in [-0.05, 0) is 77.1 Å². The highest BCUT2D eigenvalue weighted by Gasteiger charge is 2.40. The lowest BCUT2D eigenvalue weighted by Crippen LogP contribution is -2.52. The smallest absolute Gasteiger partial charge is 0.255 e. The number of hydrogen-bond acceptors (Lipinski definition) is 13. The SMILES string of the molecule is O=C1CCC(N2Cc3c(NC(=O)CCOCCOCCOCCOCCOCCC(=O)N4CCN(CCOc5ccc(C(=C(CCCl)c6ccccc6)c6ccc(O)cc6)cc5)CC4)cccc3C2=O)C(=O)N1. The average molecular weight is 1020 g/mol. The Morgan fingerprint density at radius 1 is 0.658 bits per heavy atom. The van der Waals surface area contributed by atoms with Gasteiger partial charge in [0.05, 0.1) is 78.9 Å². The molecule has 5 amide bonds. The van der Waals surface area contributed by atoms with Crippen molar-refractivity contribution in [1.29, 1.82) is 0 Å². The second kappa shape index (κ2) is 28.9. The van der Waals surface area contributed by atoms with Gasteiger partial charge in [-0.2, -0.15) is 0 Å². The molecular formula is C55H66ClN5O12. The van der Waals surface area contributed by atoms with E-state index < -0.39 is 11.9 Å². The second-order valence-corrected chi connectivity index (χ2v) is 18.0. The summed E-state index contributed by atoms with van der Waals surface area (Å²) in [6.07, 6.45) is 1.54. The van der Waals surface area contributed by atoms with Crippen LogP contribution in [0.3, 0.4) is 0 Å². The van der Waals surface area contributed by atoms with Crippen molar-refractivity contribution in [3.63, 3.8) is 0 Å². The zero-order valence-electron chi connectivity index (χ0n) is 41.2. The number of carbonyl (C=O) groups is 5. The minimum absolute atomic E-state index is 0.0829. The van der Waals surface area contributed by atoms with E-state index in [1.54, 1.807) is 30.3 Å². The molecule has 2 fully saturated rings. The van der Waals surface area contributed by atoms with E-state index in [2.05, 4.69) is 39.8 Å². The van der Waals surface area contributed by atoms with Crippen LogP contribution in [0.4, 0.5) is 5.69 Å². The van der Waals surface area contributed by atoms with Crippen molar-refractivity contribution in [3.05, 3.63) is 125 Å². The maximum atomic E-state index is 13.0. The van der Waals surface area contributed by atoms with Crippen LogP contribution >= 0.6 is 11.6 Å². The number of piperidine rings is 1. The second-order valence-electron chi connectivity index (χ2n) is 17.6. The maximum Gasteiger partial charge on any atom is 0.255 e. The Bertz CT molecular complexity index is 2470. The highest BCUT2D eigenvalue weighted by Crippen LogP contribution is 2.36. The van der Waals surface area contributed by atoms with Gasteiger partial charge in [0.2, 0.25) is 23.6 Å². The zero-order valence-corrected chi connectivity index (χ0v) is 42.0. The maximum absolute atomic E-state index is 13.0. The number of benzene rings is 4. The number of hydrogen-bond donors (Lipinski definition) is 3. The lowest BCUT2D eigenvalue weighted by molar-refractivity contribution is -0.137. The van der Waals surface area contributed by atoms with Crippen LogP contribution in [0.25, 0.3) is 11.1 Å². The molecule has 0 bridgehead atoms. The Hall–Kier alpha value is -6.18. The van der Waals surface area contributed by atoms with Gasteiger partial charge in [0, 0.05) is 68.4 Å². The first kappa shape index (κ1) is 54.6. The van der Waals surface area contributed by atoms with Crippen LogP contribution in [0.15, 0.2) is 97.1 Å². The van der Waals surface area contributed by atoms with Crippen molar-refractivity contribution in [2.24, 2.45) is 0 Å². The standard InChI is InChI=1S/C55H66ClN5O12/c56-22-19-45(40-5-2-1-3-6-40)53(41-9-13-43(62)14-10-41)42-11-15-44(16-12-42)73-30-27-59-23-25-60(26-24-59)52(65)21-29-69-32-34-71-36-38-72-37-35-70-33-31-68-28-20-51(64)57-48-8-4-7-46-47(48)39-61(55(46)67)49-17-18-50(63)58-54(49)66/h1-16,49,62H,17-39H2,(H,57,64)(H,58,63,66).